The van der Waals surface area contributed by atoms with Crippen molar-refractivity contribution in [2.24, 2.45) is 5.73 Å². The normalized spacial score (nSPS) is 16.9. The molecule has 3 heteroatoms. The van der Waals surface area contributed by atoms with Gasteiger partial charge in [-0.15, -0.1) is 0 Å². The number of aryl methyl sites for hydroxylation is 1. The van der Waals surface area contributed by atoms with E-state index in [4.69, 9.17) is 5.73 Å². The van der Waals surface area contributed by atoms with Crippen LogP contribution in [-0.4, -0.2) is 13.1 Å². The van der Waals surface area contributed by atoms with E-state index in [0.717, 1.165) is 24.8 Å². The van der Waals surface area contributed by atoms with E-state index in [1.807, 2.05) is 12.1 Å². The molecule has 16 heavy (non-hydrogen) atoms. The van der Waals surface area contributed by atoms with Crippen molar-refractivity contribution >= 4 is 5.97 Å². The largest absolute Gasteiger partial charge is 0.469 e. The number of carbonyl (C=O) groups is 1. The molecule has 2 N–H and O–H groups in total. The van der Waals surface area contributed by atoms with Gasteiger partial charge in [0.05, 0.1) is 7.11 Å². The van der Waals surface area contributed by atoms with Gasteiger partial charge >= 0.3 is 5.97 Å². The van der Waals surface area contributed by atoms with Crippen LogP contribution >= 0.6 is 0 Å². The van der Waals surface area contributed by atoms with Gasteiger partial charge < -0.3 is 10.5 Å². The highest BCUT2D eigenvalue weighted by Gasteiger charge is 2.39. The van der Waals surface area contributed by atoms with Gasteiger partial charge in [-0.1, -0.05) is 24.3 Å². The zero-order valence-electron chi connectivity index (χ0n) is 9.53. The maximum absolute atomic E-state index is 11.0. The van der Waals surface area contributed by atoms with Crippen molar-refractivity contribution in [2.45, 2.75) is 31.2 Å². The molecule has 2 rings (SSSR count). The standard InChI is InChI=1S/C13H17NO2/c1-16-12(15)7-4-10-2-5-11(6-3-10)13(14)8-9-13/h2-3,5-6H,4,7-9,14H2,1H3. The van der Waals surface area contributed by atoms with Gasteiger partial charge in [-0.05, 0) is 30.4 Å². The minimum Gasteiger partial charge on any atom is -0.469 e. The molecule has 0 atom stereocenters. The molecule has 0 aliphatic heterocycles. The molecule has 1 aliphatic carbocycles. The quantitative estimate of drug-likeness (QED) is 0.785. The molecule has 1 fully saturated rings. The van der Waals surface area contributed by atoms with Gasteiger partial charge in [0.15, 0.2) is 0 Å². The Kier molecular flexibility index (Phi) is 2.97. The van der Waals surface area contributed by atoms with Crippen LogP contribution in [0.2, 0.25) is 0 Å². The van der Waals surface area contributed by atoms with Crippen LogP contribution in [0, 0.1) is 0 Å². The molecule has 0 bridgehead atoms. The van der Waals surface area contributed by atoms with Crippen LogP contribution in [0.1, 0.15) is 30.4 Å². The Bertz CT molecular complexity index is 379. The summed E-state index contributed by atoms with van der Waals surface area (Å²) < 4.78 is 4.60. The van der Waals surface area contributed by atoms with E-state index in [9.17, 15) is 4.79 Å². The average molecular weight is 219 g/mol. The number of hydrogen-bond acceptors (Lipinski definition) is 3. The summed E-state index contributed by atoms with van der Waals surface area (Å²) >= 11 is 0. The molecule has 0 amide bonds. The smallest absolute Gasteiger partial charge is 0.305 e. The number of methoxy groups -OCH3 is 1. The van der Waals surface area contributed by atoms with Crippen molar-refractivity contribution in [1.29, 1.82) is 0 Å². The topological polar surface area (TPSA) is 52.3 Å². The van der Waals surface area contributed by atoms with E-state index in [2.05, 4.69) is 16.9 Å². The first-order chi connectivity index (χ1) is 7.64. The van der Waals surface area contributed by atoms with Gasteiger partial charge in [-0.2, -0.15) is 0 Å². The highest BCUT2D eigenvalue weighted by Crippen LogP contribution is 2.42. The first kappa shape index (κ1) is 11.1. The predicted molar refractivity (Wildman–Crippen MR) is 61.9 cm³/mol. The van der Waals surface area contributed by atoms with Crippen molar-refractivity contribution in [3.8, 4) is 0 Å². The second kappa shape index (κ2) is 4.26. The molecule has 1 aromatic carbocycles. The van der Waals surface area contributed by atoms with Gasteiger partial charge in [-0.3, -0.25) is 4.79 Å². The lowest BCUT2D eigenvalue weighted by atomic mass is 10.0. The van der Waals surface area contributed by atoms with E-state index >= 15 is 0 Å². The number of rotatable bonds is 4. The molecule has 0 unspecified atom stereocenters. The third kappa shape index (κ3) is 2.42. The molecular weight excluding hydrogens is 202 g/mol. The van der Waals surface area contributed by atoms with Crippen molar-refractivity contribution in [3.05, 3.63) is 35.4 Å². The lowest BCUT2D eigenvalue weighted by molar-refractivity contribution is -0.140. The molecule has 1 aromatic rings. The van der Waals surface area contributed by atoms with Gasteiger partial charge in [-0.25, -0.2) is 0 Å². The van der Waals surface area contributed by atoms with Crippen LogP contribution in [0.25, 0.3) is 0 Å². The van der Waals surface area contributed by atoms with Gasteiger partial charge in [0.2, 0.25) is 0 Å². The number of carbonyl (C=O) groups excluding carboxylic acids is 1. The lowest BCUT2D eigenvalue weighted by Gasteiger charge is -2.09. The molecule has 0 saturated heterocycles. The summed E-state index contributed by atoms with van der Waals surface area (Å²) in [5.41, 5.74) is 8.37. The summed E-state index contributed by atoms with van der Waals surface area (Å²) in [5, 5.41) is 0. The summed E-state index contributed by atoms with van der Waals surface area (Å²) in [7, 11) is 1.41. The molecule has 86 valence electrons. The van der Waals surface area contributed by atoms with Crippen LogP contribution in [0.4, 0.5) is 0 Å². The maximum Gasteiger partial charge on any atom is 0.305 e. The van der Waals surface area contributed by atoms with Crippen molar-refractivity contribution in [3.63, 3.8) is 0 Å². The minimum atomic E-state index is -0.165. The van der Waals surface area contributed by atoms with Crippen molar-refractivity contribution in [1.82, 2.24) is 0 Å². The average Bonchev–Trinajstić information content (AvgIpc) is 3.06. The fraction of sp³-hybridized carbons (Fsp3) is 0.462. The highest BCUT2D eigenvalue weighted by molar-refractivity contribution is 5.69. The summed E-state index contributed by atoms with van der Waals surface area (Å²) in [5.74, 6) is -0.165. The summed E-state index contributed by atoms with van der Waals surface area (Å²) in [6, 6.07) is 8.23. The first-order valence-corrected chi connectivity index (χ1v) is 5.59. The summed E-state index contributed by atoms with van der Waals surface area (Å²) in [4.78, 5) is 11.0. The van der Waals surface area contributed by atoms with E-state index in [0.29, 0.717) is 6.42 Å². The highest BCUT2D eigenvalue weighted by atomic mass is 16.5. The van der Waals surface area contributed by atoms with Crippen LogP contribution in [-0.2, 0) is 21.5 Å². The SMILES string of the molecule is COC(=O)CCc1ccc(C2(N)CC2)cc1. The second-order valence-electron chi connectivity index (χ2n) is 4.43. The molecule has 1 aliphatic rings. The van der Waals surface area contributed by atoms with Gasteiger partial charge in [0.1, 0.15) is 0 Å². The zero-order chi connectivity index (χ0) is 11.6. The maximum atomic E-state index is 11.0. The van der Waals surface area contributed by atoms with Crippen LogP contribution < -0.4 is 5.73 Å². The Labute approximate surface area is 95.6 Å². The monoisotopic (exact) mass is 219 g/mol. The van der Waals surface area contributed by atoms with Crippen molar-refractivity contribution < 1.29 is 9.53 Å². The Morgan fingerprint density at radius 1 is 1.38 bits per heavy atom. The Morgan fingerprint density at radius 3 is 2.50 bits per heavy atom. The lowest BCUT2D eigenvalue weighted by Crippen LogP contribution is -2.18. The number of hydrogen-bond donors (Lipinski definition) is 1. The Balaban J connectivity index is 1.94. The third-order valence-electron chi connectivity index (χ3n) is 3.16. The molecule has 1 saturated carbocycles. The molecule has 0 heterocycles. The second-order valence-corrected chi connectivity index (χ2v) is 4.43. The number of benzene rings is 1. The van der Waals surface area contributed by atoms with E-state index in [-0.39, 0.29) is 11.5 Å². The molecule has 0 aromatic heterocycles. The fourth-order valence-corrected chi connectivity index (χ4v) is 1.78. The van der Waals surface area contributed by atoms with Crippen LogP contribution in [0.5, 0.6) is 0 Å². The minimum absolute atomic E-state index is 0.0686. The third-order valence-corrected chi connectivity index (χ3v) is 3.16. The van der Waals surface area contributed by atoms with E-state index in [1.54, 1.807) is 0 Å². The molecular formula is C13H17NO2. The molecule has 3 nitrogen and oxygen atoms in total. The van der Waals surface area contributed by atoms with E-state index < -0.39 is 0 Å². The molecule has 0 radical (unpaired) electrons. The summed E-state index contributed by atoms with van der Waals surface area (Å²) in [6.07, 6.45) is 3.32. The summed E-state index contributed by atoms with van der Waals surface area (Å²) in [6.45, 7) is 0. The van der Waals surface area contributed by atoms with Crippen LogP contribution in [0.3, 0.4) is 0 Å². The Hall–Kier alpha value is -1.35. The number of ether oxygens (including phenoxy) is 1. The Morgan fingerprint density at radius 2 is 2.00 bits per heavy atom. The van der Waals surface area contributed by atoms with Gasteiger partial charge in [0.25, 0.3) is 0 Å². The molecule has 0 spiro atoms. The van der Waals surface area contributed by atoms with Gasteiger partial charge in [0, 0.05) is 12.0 Å². The number of esters is 1. The van der Waals surface area contributed by atoms with E-state index in [1.165, 1.54) is 12.7 Å². The first-order valence-electron chi connectivity index (χ1n) is 5.59. The van der Waals surface area contributed by atoms with Crippen LogP contribution in [0.15, 0.2) is 24.3 Å². The zero-order valence-corrected chi connectivity index (χ0v) is 9.53. The fourth-order valence-electron chi connectivity index (χ4n) is 1.78. The van der Waals surface area contributed by atoms with Crippen molar-refractivity contribution in [2.75, 3.05) is 7.11 Å². The predicted octanol–water partition coefficient (Wildman–Crippen LogP) is 1.74. The number of nitrogens with two attached hydrogens (primary N) is 1.